The van der Waals surface area contributed by atoms with Gasteiger partial charge in [0.05, 0.1) is 6.61 Å². The minimum Gasteiger partial charge on any atom is -0.390 e. The van der Waals surface area contributed by atoms with Crippen molar-refractivity contribution >= 4 is 0 Å². The molecule has 1 N–H and O–H groups in total. The van der Waals surface area contributed by atoms with Gasteiger partial charge in [0.15, 0.2) is 0 Å². The summed E-state index contributed by atoms with van der Waals surface area (Å²) in [5.74, 6) is -0.494. The van der Waals surface area contributed by atoms with Gasteiger partial charge < -0.3 is 5.11 Å². The van der Waals surface area contributed by atoms with Crippen molar-refractivity contribution in [3.63, 3.8) is 0 Å². The van der Waals surface area contributed by atoms with Gasteiger partial charge >= 0.3 is 0 Å². The van der Waals surface area contributed by atoms with E-state index >= 15 is 0 Å². The van der Waals surface area contributed by atoms with Crippen molar-refractivity contribution in [2.75, 3.05) is 0 Å². The number of aromatic nitrogens is 2. The van der Waals surface area contributed by atoms with Crippen molar-refractivity contribution < 1.29 is 9.50 Å². The average Bonchev–Trinajstić information content (AvgIpc) is 2.30. The Morgan fingerprint density at radius 2 is 1.93 bits per heavy atom. The highest BCUT2D eigenvalue weighted by atomic mass is 19.1. The van der Waals surface area contributed by atoms with Crippen LogP contribution in [0.4, 0.5) is 4.39 Å². The molecule has 3 nitrogen and oxygen atoms in total. The molecule has 4 heteroatoms. The largest absolute Gasteiger partial charge is 0.390 e. The van der Waals surface area contributed by atoms with E-state index in [1.165, 1.54) is 12.3 Å². The normalized spacial score (nSPS) is 10.3. The van der Waals surface area contributed by atoms with Gasteiger partial charge in [-0.3, -0.25) is 9.97 Å². The average molecular weight is 204 g/mol. The van der Waals surface area contributed by atoms with Crippen LogP contribution in [-0.4, -0.2) is 15.1 Å². The van der Waals surface area contributed by atoms with Crippen molar-refractivity contribution in [3.8, 4) is 11.1 Å². The van der Waals surface area contributed by atoms with Crippen LogP contribution >= 0.6 is 0 Å². The highest BCUT2D eigenvalue weighted by molar-refractivity contribution is 5.61. The van der Waals surface area contributed by atoms with Crippen molar-refractivity contribution in [1.82, 2.24) is 9.97 Å². The molecule has 15 heavy (non-hydrogen) atoms. The van der Waals surface area contributed by atoms with E-state index in [0.29, 0.717) is 5.56 Å². The zero-order valence-corrected chi connectivity index (χ0v) is 7.89. The molecule has 0 unspecified atom stereocenters. The van der Waals surface area contributed by atoms with Gasteiger partial charge in [-0.15, -0.1) is 0 Å². The van der Waals surface area contributed by atoms with E-state index in [1.807, 2.05) is 0 Å². The minimum absolute atomic E-state index is 0.0628. The number of nitrogens with zero attached hydrogens (tertiary/aromatic N) is 2. The van der Waals surface area contributed by atoms with Crippen LogP contribution in [0.5, 0.6) is 0 Å². The van der Waals surface area contributed by atoms with Crippen LogP contribution in [0.1, 0.15) is 5.69 Å². The first kappa shape index (κ1) is 9.73. The SMILES string of the molecule is OCc1ncc(-c2ccncc2)cc1F. The second-order valence-corrected chi connectivity index (χ2v) is 3.05. The Hall–Kier alpha value is -1.81. The molecule has 0 saturated heterocycles. The third-order valence-corrected chi connectivity index (χ3v) is 2.08. The first-order chi connectivity index (χ1) is 7.31. The molecule has 0 aliphatic heterocycles. The van der Waals surface area contributed by atoms with Gasteiger partial charge in [0.2, 0.25) is 0 Å². The van der Waals surface area contributed by atoms with Gasteiger partial charge in [0.1, 0.15) is 11.5 Å². The van der Waals surface area contributed by atoms with Crippen LogP contribution in [0.3, 0.4) is 0 Å². The third-order valence-electron chi connectivity index (χ3n) is 2.08. The molecule has 2 aromatic rings. The second-order valence-electron chi connectivity index (χ2n) is 3.05. The minimum atomic E-state index is -0.494. The summed E-state index contributed by atoms with van der Waals surface area (Å²) in [5, 5.41) is 8.77. The summed E-state index contributed by atoms with van der Waals surface area (Å²) in [6.07, 6.45) is 4.80. The van der Waals surface area contributed by atoms with Gasteiger partial charge in [0, 0.05) is 24.2 Å². The molecule has 0 aliphatic carbocycles. The summed E-state index contributed by atoms with van der Waals surface area (Å²) < 4.78 is 13.3. The molecule has 0 amide bonds. The molecule has 0 fully saturated rings. The lowest BCUT2D eigenvalue weighted by atomic mass is 10.1. The van der Waals surface area contributed by atoms with Crippen molar-refractivity contribution in [3.05, 3.63) is 48.3 Å². The molecule has 0 radical (unpaired) electrons. The molecule has 2 heterocycles. The Bertz CT molecular complexity index is 459. The Balaban J connectivity index is 2.43. The van der Waals surface area contributed by atoms with Crippen LogP contribution in [0.15, 0.2) is 36.8 Å². The van der Waals surface area contributed by atoms with Crippen molar-refractivity contribution in [2.45, 2.75) is 6.61 Å². The predicted octanol–water partition coefficient (Wildman–Crippen LogP) is 1.77. The second kappa shape index (κ2) is 4.14. The summed E-state index contributed by atoms with van der Waals surface area (Å²) in [4.78, 5) is 7.70. The molecule has 2 aromatic heterocycles. The van der Waals surface area contributed by atoms with E-state index in [-0.39, 0.29) is 12.3 Å². The highest BCUT2D eigenvalue weighted by Gasteiger charge is 2.05. The molecule has 76 valence electrons. The molecule has 0 bridgehead atoms. The topological polar surface area (TPSA) is 46.0 Å². The van der Waals surface area contributed by atoms with Crippen LogP contribution < -0.4 is 0 Å². The first-order valence-electron chi connectivity index (χ1n) is 4.47. The molecule has 0 saturated carbocycles. The lowest BCUT2D eigenvalue weighted by Crippen LogP contribution is -1.94. The number of hydrogen-bond acceptors (Lipinski definition) is 3. The third kappa shape index (κ3) is 1.99. The van der Waals surface area contributed by atoms with E-state index in [9.17, 15) is 4.39 Å². The predicted molar refractivity (Wildman–Crippen MR) is 53.3 cm³/mol. The van der Waals surface area contributed by atoms with Crippen LogP contribution in [0.2, 0.25) is 0 Å². The number of aliphatic hydroxyl groups is 1. The summed E-state index contributed by atoms with van der Waals surface area (Å²) in [5.41, 5.74) is 1.58. The Labute approximate surface area is 86.3 Å². The number of rotatable bonds is 2. The summed E-state index contributed by atoms with van der Waals surface area (Å²) in [7, 11) is 0. The van der Waals surface area contributed by atoms with Crippen molar-refractivity contribution in [2.24, 2.45) is 0 Å². The summed E-state index contributed by atoms with van der Waals surface area (Å²) in [6, 6.07) is 4.90. The van der Waals surface area contributed by atoms with E-state index in [2.05, 4.69) is 9.97 Å². The lowest BCUT2D eigenvalue weighted by molar-refractivity contribution is 0.270. The summed E-state index contributed by atoms with van der Waals surface area (Å²) >= 11 is 0. The maximum absolute atomic E-state index is 13.3. The Morgan fingerprint density at radius 1 is 1.20 bits per heavy atom. The molecule has 0 spiro atoms. The molecular formula is C11H9FN2O. The van der Waals surface area contributed by atoms with Gasteiger partial charge in [-0.2, -0.15) is 0 Å². The molecule has 0 aromatic carbocycles. The van der Waals surface area contributed by atoms with E-state index in [1.54, 1.807) is 24.5 Å². The maximum atomic E-state index is 13.3. The first-order valence-corrected chi connectivity index (χ1v) is 4.47. The van der Waals surface area contributed by atoms with Crippen LogP contribution in [0.25, 0.3) is 11.1 Å². The standard InChI is InChI=1S/C11H9FN2O/c12-10-5-9(6-14-11(10)7-15)8-1-3-13-4-2-8/h1-6,15H,7H2. The zero-order valence-electron chi connectivity index (χ0n) is 7.89. The fourth-order valence-electron chi connectivity index (χ4n) is 1.28. The molecule has 0 atom stereocenters. The Kier molecular flexibility index (Phi) is 2.69. The fraction of sp³-hybridized carbons (Fsp3) is 0.0909. The Morgan fingerprint density at radius 3 is 2.53 bits per heavy atom. The molecular weight excluding hydrogens is 195 g/mol. The van der Waals surface area contributed by atoms with Crippen molar-refractivity contribution in [1.29, 1.82) is 0 Å². The maximum Gasteiger partial charge on any atom is 0.147 e. The quantitative estimate of drug-likeness (QED) is 0.810. The number of pyridine rings is 2. The van der Waals surface area contributed by atoms with Gasteiger partial charge in [-0.05, 0) is 23.8 Å². The van der Waals surface area contributed by atoms with E-state index in [0.717, 1.165) is 5.56 Å². The molecule has 2 rings (SSSR count). The van der Waals surface area contributed by atoms with Gasteiger partial charge in [0.25, 0.3) is 0 Å². The smallest absolute Gasteiger partial charge is 0.147 e. The lowest BCUT2D eigenvalue weighted by Gasteiger charge is -2.02. The van der Waals surface area contributed by atoms with Crippen LogP contribution in [-0.2, 0) is 6.61 Å². The number of halogens is 1. The fourth-order valence-corrected chi connectivity index (χ4v) is 1.28. The highest BCUT2D eigenvalue weighted by Crippen LogP contribution is 2.19. The molecule has 0 aliphatic rings. The van der Waals surface area contributed by atoms with Gasteiger partial charge in [-0.1, -0.05) is 0 Å². The summed E-state index contributed by atoms with van der Waals surface area (Å²) in [6.45, 7) is -0.386. The van der Waals surface area contributed by atoms with Crippen LogP contribution in [0, 0.1) is 5.82 Å². The number of aliphatic hydroxyl groups excluding tert-OH is 1. The van der Waals surface area contributed by atoms with Gasteiger partial charge in [-0.25, -0.2) is 4.39 Å². The zero-order chi connectivity index (χ0) is 10.7. The van der Waals surface area contributed by atoms with E-state index in [4.69, 9.17) is 5.11 Å². The monoisotopic (exact) mass is 204 g/mol. The number of hydrogen-bond donors (Lipinski definition) is 1. The van der Waals surface area contributed by atoms with E-state index < -0.39 is 5.82 Å².